The Balaban J connectivity index is 2.01. The summed E-state index contributed by atoms with van der Waals surface area (Å²) in [4.78, 5) is 14.1. The van der Waals surface area contributed by atoms with Crippen LogP contribution in [0, 0.1) is 0 Å². The molecule has 0 aromatic heterocycles. The first-order valence-electron chi connectivity index (χ1n) is 6.60. The molecule has 1 aromatic carbocycles. The third-order valence-corrected chi connectivity index (χ3v) is 3.18. The Labute approximate surface area is 114 Å². The molecule has 1 saturated heterocycles. The maximum Gasteiger partial charge on any atom is 0.257 e. The van der Waals surface area contributed by atoms with Crippen LogP contribution in [0.2, 0.25) is 0 Å². The van der Waals surface area contributed by atoms with Gasteiger partial charge in [-0.15, -0.1) is 0 Å². The van der Waals surface area contributed by atoms with Crippen LogP contribution < -0.4 is 4.74 Å². The predicted molar refractivity (Wildman–Crippen MR) is 72.9 cm³/mol. The highest BCUT2D eigenvalue weighted by molar-refractivity contribution is 5.83. The zero-order valence-corrected chi connectivity index (χ0v) is 11.9. The van der Waals surface area contributed by atoms with Crippen molar-refractivity contribution in [3.8, 4) is 5.75 Å². The van der Waals surface area contributed by atoms with Crippen molar-refractivity contribution in [2.75, 3.05) is 6.61 Å². The average Bonchev–Trinajstić information content (AvgIpc) is 2.57. The lowest BCUT2D eigenvalue weighted by molar-refractivity contribution is -0.134. The molecule has 0 radical (unpaired) electrons. The van der Waals surface area contributed by atoms with Crippen molar-refractivity contribution in [1.82, 2.24) is 4.90 Å². The lowest BCUT2D eigenvalue weighted by Gasteiger charge is -2.33. The molecule has 1 aliphatic heterocycles. The summed E-state index contributed by atoms with van der Waals surface area (Å²) in [6.45, 7) is 8.04. The third kappa shape index (κ3) is 2.89. The smallest absolute Gasteiger partial charge is 0.257 e. The van der Waals surface area contributed by atoms with Gasteiger partial charge in [0.05, 0.1) is 0 Å². The zero-order valence-electron chi connectivity index (χ0n) is 11.9. The Hall–Kier alpha value is -1.55. The van der Waals surface area contributed by atoms with E-state index in [-0.39, 0.29) is 18.6 Å². The van der Waals surface area contributed by atoms with E-state index in [4.69, 9.17) is 9.47 Å². The number of hydrogen-bond donors (Lipinski definition) is 0. The SMILES string of the molecule is CC(C)N1C(=O)C(COc2ccccc2)OC1(C)C. The van der Waals surface area contributed by atoms with Crippen LogP contribution in [-0.2, 0) is 9.53 Å². The van der Waals surface area contributed by atoms with Crippen molar-refractivity contribution in [2.45, 2.75) is 45.6 Å². The molecule has 1 amide bonds. The highest BCUT2D eigenvalue weighted by atomic mass is 16.6. The van der Waals surface area contributed by atoms with E-state index in [2.05, 4.69) is 0 Å². The fourth-order valence-electron chi connectivity index (χ4n) is 2.55. The minimum atomic E-state index is -0.573. The molecular formula is C15H21NO3. The van der Waals surface area contributed by atoms with E-state index in [0.29, 0.717) is 0 Å². The van der Waals surface area contributed by atoms with Crippen LogP contribution in [0.1, 0.15) is 27.7 Å². The van der Waals surface area contributed by atoms with Gasteiger partial charge in [0, 0.05) is 6.04 Å². The number of hydrogen-bond acceptors (Lipinski definition) is 3. The van der Waals surface area contributed by atoms with Gasteiger partial charge in [0.2, 0.25) is 0 Å². The summed E-state index contributed by atoms with van der Waals surface area (Å²) in [5, 5.41) is 0. The van der Waals surface area contributed by atoms with E-state index < -0.39 is 11.8 Å². The van der Waals surface area contributed by atoms with Gasteiger partial charge in [-0.25, -0.2) is 0 Å². The summed E-state index contributed by atoms with van der Waals surface area (Å²) in [5.74, 6) is 0.746. The third-order valence-electron chi connectivity index (χ3n) is 3.18. The largest absolute Gasteiger partial charge is 0.490 e. The molecule has 1 fully saturated rings. The molecule has 1 atom stereocenters. The molecule has 0 spiro atoms. The van der Waals surface area contributed by atoms with Gasteiger partial charge in [-0.2, -0.15) is 0 Å². The highest BCUT2D eigenvalue weighted by Crippen LogP contribution is 2.30. The summed E-state index contributed by atoms with van der Waals surface area (Å²) in [5.41, 5.74) is -0.573. The van der Waals surface area contributed by atoms with E-state index >= 15 is 0 Å². The number of rotatable bonds is 4. The first-order chi connectivity index (χ1) is 8.92. The Morgan fingerprint density at radius 3 is 2.47 bits per heavy atom. The number of benzene rings is 1. The first-order valence-corrected chi connectivity index (χ1v) is 6.60. The molecule has 1 aliphatic rings. The molecule has 2 rings (SSSR count). The molecule has 0 bridgehead atoms. The van der Waals surface area contributed by atoms with Crippen LogP contribution in [0.15, 0.2) is 30.3 Å². The molecule has 1 aromatic rings. The van der Waals surface area contributed by atoms with Gasteiger partial charge in [0.15, 0.2) is 6.10 Å². The summed E-state index contributed by atoms with van der Waals surface area (Å²) >= 11 is 0. The molecule has 4 nitrogen and oxygen atoms in total. The monoisotopic (exact) mass is 263 g/mol. The van der Waals surface area contributed by atoms with E-state index in [0.717, 1.165) is 5.75 Å². The van der Waals surface area contributed by atoms with Gasteiger partial charge in [-0.3, -0.25) is 4.79 Å². The van der Waals surface area contributed by atoms with Crippen molar-refractivity contribution in [1.29, 1.82) is 0 Å². The summed E-state index contributed by atoms with van der Waals surface area (Å²) in [7, 11) is 0. The van der Waals surface area contributed by atoms with Crippen LogP contribution >= 0.6 is 0 Å². The predicted octanol–water partition coefficient (Wildman–Crippen LogP) is 2.44. The van der Waals surface area contributed by atoms with E-state index in [1.165, 1.54) is 0 Å². The van der Waals surface area contributed by atoms with Gasteiger partial charge >= 0.3 is 0 Å². The fraction of sp³-hybridized carbons (Fsp3) is 0.533. The Bertz CT molecular complexity index is 442. The van der Waals surface area contributed by atoms with Gasteiger partial charge in [0.1, 0.15) is 18.1 Å². The lowest BCUT2D eigenvalue weighted by atomic mass is 10.2. The topological polar surface area (TPSA) is 38.8 Å². The maximum absolute atomic E-state index is 12.3. The standard InChI is InChI=1S/C15H21NO3/c1-11(2)16-14(17)13(19-15(16,3)4)10-18-12-8-6-5-7-9-12/h5-9,11,13H,10H2,1-4H3. The highest BCUT2D eigenvalue weighted by Gasteiger charge is 2.47. The number of ether oxygens (including phenoxy) is 2. The van der Waals surface area contributed by atoms with Crippen LogP contribution in [0.3, 0.4) is 0 Å². The van der Waals surface area contributed by atoms with Crippen LogP contribution in [-0.4, -0.2) is 35.3 Å². The van der Waals surface area contributed by atoms with Gasteiger partial charge in [0.25, 0.3) is 5.91 Å². The van der Waals surface area contributed by atoms with Crippen LogP contribution in [0.5, 0.6) is 5.75 Å². The fourth-order valence-corrected chi connectivity index (χ4v) is 2.55. The van der Waals surface area contributed by atoms with Crippen LogP contribution in [0.4, 0.5) is 0 Å². The molecule has 0 N–H and O–H groups in total. The summed E-state index contributed by atoms with van der Waals surface area (Å²) in [6.07, 6.45) is -0.530. The maximum atomic E-state index is 12.3. The van der Waals surface area contributed by atoms with E-state index in [1.54, 1.807) is 4.90 Å². The quantitative estimate of drug-likeness (QED) is 0.837. The lowest BCUT2D eigenvalue weighted by Crippen LogP contribution is -2.46. The Morgan fingerprint density at radius 1 is 1.32 bits per heavy atom. The first kappa shape index (κ1) is 13.9. The second-order valence-corrected chi connectivity index (χ2v) is 5.48. The average molecular weight is 263 g/mol. The van der Waals surface area contributed by atoms with Crippen molar-refractivity contribution < 1.29 is 14.3 Å². The van der Waals surface area contributed by atoms with Gasteiger partial charge in [-0.1, -0.05) is 18.2 Å². The molecule has 104 valence electrons. The second kappa shape index (κ2) is 5.21. The summed E-state index contributed by atoms with van der Waals surface area (Å²) in [6, 6.07) is 9.57. The Morgan fingerprint density at radius 2 is 1.95 bits per heavy atom. The number of para-hydroxylation sites is 1. The molecule has 19 heavy (non-hydrogen) atoms. The molecule has 0 saturated carbocycles. The molecular weight excluding hydrogens is 242 g/mol. The van der Waals surface area contributed by atoms with Gasteiger partial charge in [-0.05, 0) is 39.8 Å². The number of amides is 1. The van der Waals surface area contributed by atoms with E-state index in [1.807, 2.05) is 58.0 Å². The van der Waals surface area contributed by atoms with Crippen molar-refractivity contribution in [3.05, 3.63) is 30.3 Å². The van der Waals surface area contributed by atoms with E-state index in [9.17, 15) is 4.79 Å². The van der Waals surface area contributed by atoms with Crippen molar-refractivity contribution in [2.24, 2.45) is 0 Å². The van der Waals surface area contributed by atoms with Crippen molar-refractivity contribution in [3.63, 3.8) is 0 Å². The zero-order chi connectivity index (χ0) is 14.0. The minimum Gasteiger partial charge on any atom is -0.490 e. The van der Waals surface area contributed by atoms with Gasteiger partial charge < -0.3 is 14.4 Å². The molecule has 0 aliphatic carbocycles. The van der Waals surface area contributed by atoms with Crippen LogP contribution in [0.25, 0.3) is 0 Å². The Kier molecular flexibility index (Phi) is 3.80. The molecule has 1 unspecified atom stereocenters. The minimum absolute atomic E-state index is 0.00377. The van der Waals surface area contributed by atoms with Crippen molar-refractivity contribution >= 4 is 5.91 Å². The summed E-state index contributed by atoms with van der Waals surface area (Å²) < 4.78 is 11.4. The molecule has 1 heterocycles. The molecule has 4 heteroatoms. The normalized spacial score (nSPS) is 22.1. The number of nitrogens with zero attached hydrogens (tertiary/aromatic N) is 1. The number of carbonyl (C=O) groups excluding carboxylic acids is 1. The second-order valence-electron chi connectivity index (χ2n) is 5.48. The number of carbonyl (C=O) groups is 1.